The van der Waals surface area contributed by atoms with Gasteiger partial charge in [0.05, 0.1) is 51.8 Å². The largest absolute Gasteiger partial charge is 0.481 e. The number of rotatable bonds is 19. The van der Waals surface area contributed by atoms with E-state index in [1.807, 2.05) is 6.08 Å². The van der Waals surface area contributed by atoms with Gasteiger partial charge in [-0.05, 0) is 19.3 Å². The molecule has 23 aliphatic rings. The molecule has 1 aliphatic carbocycles. The summed E-state index contributed by atoms with van der Waals surface area (Å²) in [6.07, 6.45) is -47.7. The van der Waals surface area contributed by atoms with Crippen LogP contribution in [0.2, 0.25) is 0 Å². The van der Waals surface area contributed by atoms with Crippen LogP contribution in [-0.4, -0.2) is 355 Å². The minimum absolute atomic E-state index is 0.105. The van der Waals surface area contributed by atoms with E-state index in [0.29, 0.717) is 6.42 Å². The van der Waals surface area contributed by atoms with Gasteiger partial charge in [0, 0.05) is 24.7 Å². The number of ether oxygens (including phenoxy) is 12. The molecule has 0 radical (unpaired) electrons. The summed E-state index contributed by atoms with van der Waals surface area (Å²) < 4.78 is 67.9. The maximum atomic E-state index is 12.1. The number of hydrogen-bond acceptors (Lipinski definition) is 34. The van der Waals surface area contributed by atoms with Gasteiger partial charge in [0.15, 0.2) is 37.7 Å². The second kappa shape index (κ2) is 35.2. The van der Waals surface area contributed by atoms with Crippen LogP contribution < -0.4 is 0 Å². The number of carbonyl (C=O) groups excluding carboxylic acids is 1. The van der Waals surface area contributed by atoms with Crippen LogP contribution in [0.4, 0.5) is 0 Å². The number of aliphatic carboxylic acids is 1. The smallest absolute Gasteiger partial charge is 0.303 e. The summed E-state index contributed by atoms with van der Waals surface area (Å²) in [6.45, 7) is -3.87. The highest BCUT2D eigenvalue weighted by Gasteiger charge is 2.59. The molecular weight excluding hydrogens is 1230 g/mol. The zero-order valence-corrected chi connectivity index (χ0v) is 49.9. The van der Waals surface area contributed by atoms with E-state index >= 15 is 0 Å². The molecule has 91 heavy (non-hydrogen) atoms. The van der Waals surface area contributed by atoms with Gasteiger partial charge < -0.3 is 164 Å². The first-order valence-electron chi connectivity index (χ1n) is 30.8. The summed E-state index contributed by atoms with van der Waals surface area (Å²) in [5, 5.41) is 224. The maximum absolute atomic E-state index is 12.1. The lowest BCUT2D eigenvalue weighted by Gasteiger charge is -2.50. The first kappa shape index (κ1) is 76.0. The van der Waals surface area contributed by atoms with Crippen LogP contribution in [0.3, 0.4) is 0 Å². The van der Waals surface area contributed by atoms with Crippen LogP contribution in [0.5, 0.6) is 0 Å². The van der Waals surface area contributed by atoms with Crippen LogP contribution in [0.15, 0.2) is 12.2 Å². The van der Waals surface area contributed by atoms with Crippen molar-refractivity contribution in [3.8, 4) is 0 Å². The van der Waals surface area contributed by atoms with Crippen molar-refractivity contribution in [2.75, 3.05) is 39.6 Å². The Kier molecular flexibility index (Phi) is 29.4. The zero-order valence-electron chi connectivity index (χ0n) is 49.9. The van der Waals surface area contributed by atoms with Crippen LogP contribution in [0.1, 0.15) is 77.6 Å². The average Bonchev–Trinajstić information content (AvgIpc) is 1.44. The van der Waals surface area contributed by atoms with E-state index in [-0.39, 0.29) is 30.5 Å². The van der Waals surface area contributed by atoms with Crippen LogP contribution >= 0.6 is 0 Å². The molecule has 35 heteroatoms. The molecule has 23 rings (SSSR count). The molecule has 12 bridgehead atoms. The number of carboxylic acid groups (broad SMARTS) is 1. The van der Waals surface area contributed by atoms with Gasteiger partial charge in [-0.25, -0.2) is 0 Å². The second-order valence-electron chi connectivity index (χ2n) is 24.1. The number of carboxylic acids is 1. The molecule has 21 N–H and O–H groups in total. The summed E-state index contributed by atoms with van der Waals surface area (Å²) in [5.74, 6) is -1.04. The summed E-state index contributed by atoms with van der Waals surface area (Å²) in [4.78, 5) is 22.6. The number of aliphatic hydroxyl groups excluding tert-OH is 20. The highest BCUT2D eigenvalue weighted by molar-refractivity contribution is 5.84. The Bertz CT molecular complexity index is 1920. The van der Waals surface area contributed by atoms with E-state index in [2.05, 4.69) is 6.92 Å². The summed E-state index contributed by atoms with van der Waals surface area (Å²) in [6, 6.07) is 0. The Balaban J connectivity index is 0.000000395. The van der Waals surface area contributed by atoms with E-state index in [0.717, 1.165) is 51.4 Å². The second-order valence-corrected chi connectivity index (χ2v) is 24.1. The van der Waals surface area contributed by atoms with Crippen molar-refractivity contribution in [3.63, 3.8) is 0 Å². The van der Waals surface area contributed by atoms with Crippen molar-refractivity contribution in [1.29, 1.82) is 0 Å². The summed E-state index contributed by atoms with van der Waals surface area (Å²) in [5.41, 5.74) is 0. The molecule has 1 saturated carbocycles. The molecular formula is C56H94O35. The molecule has 22 heterocycles. The third kappa shape index (κ3) is 18.0. The molecule has 0 aromatic heterocycles. The Morgan fingerprint density at radius 3 is 0.967 bits per heavy atom. The number of Topliss-reactive ketones (excluding diaryl/α,β-unsaturated/α-hetero) is 1. The highest BCUT2D eigenvalue weighted by Crippen LogP contribution is 2.39. The summed E-state index contributed by atoms with van der Waals surface area (Å²) >= 11 is 0. The third-order valence-electron chi connectivity index (χ3n) is 17.7. The lowest BCUT2D eigenvalue weighted by Crippen LogP contribution is -2.69. The predicted molar refractivity (Wildman–Crippen MR) is 293 cm³/mol. The molecule has 0 aromatic rings. The van der Waals surface area contributed by atoms with Crippen molar-refractivity contribution in [2.24, 2.45) is 11.8 Å². The molecule has 0 amide bonds. The van der Waals surface area contributed by atoms with E-state index in [9.17, 15) is 112 Å². The Morgan fingerprint density at radius 1 is 0.418 bits per heavy atom. The van der Waals surface area contributed by atoms with Gasteiger partial charge in [-0.1, -0.05) is 57.6 Å². The van der Waals surface area contributed by atoms with E-state index < -0.39 is 242 Å². The predicted octanol–water partition coefficient (Wildman–Crippen LogP) is -9.58. The van der Waals surface area contributed by atoms with Crippen LogP contribution in [-0.2, 0) is 66.4 Å². The Hall–Kier alpha value is -2.40. The van der Waals surface area contributed by atoms with Crippen molar-refractivity contribution < 1.29 is 174 Å². The molecule has 1 unspecified atom stereocenters. The van der Waals surface area contributed by atoms with E-state index in [1.165, 1.54) is 0 Å². The van der Waals surface area contributed by atoms with Gasteiger partial charge in [0.1, 0.15) is 152 Å². The molecule has 528 valence electrons. The average molecular weight is 1330 g/mol. The standard InChI is InChI=1S/C36H60O30.C20H34O5/c37-1-7-25-13(43)19(49)31(55-7)62-26-8(2-38)57-33(21(51)15(26)45)64-28-10(4-40)59-35(23(53)17(28)47)66-30-12(6-42)60-36(24(54)18(30)48)65-29-11(5-41)58-34(22(52)16(29)46)63-27-9(3-39)56-32(61-25)20(50)14(27)44;1-2-3-6-9-15(21)12-13-17-16(18(22)14-19(17)23)10-7-4-5-8-11-20(24)25/h7-54H,1-6H2;12-13,15-17,19,21,23H,2-11,14H2,1H3,(H,24,25)/b;13-12+/t7-,8-,9-,10-,11-,12-,13-,14-,15-,16-,17-,18-,19-,20-,21-,22-,23-,24-,25-,26-,27-,28-,29-,30?,31-,32-,33-,34-,35-,36-;15-,16+,17+,19+/m10/s1. The monoisotopic (exact) mass is 1330 g/mol. The van der Waals surface area contributed by atoms with E-state index in [1.54, 1.807) is 6.08 Å². The number of aliphatic hydroxyl groups is 20. The lowest BCUT2D eigenvalue weighted by atomic mass is 9.88. The minimum Gasteiger partial charge on any atom is -0.481 e. The lowest BCUT2D eigenvalue weighted by molar-refractivity contribution is -0.404. The fourth-order valence-electron chi connectivity index (χ4n) is 12.5. The minimum atomic E-state index is -2.15. The van der Waals surface area contributed by atoms with Gasteiger partial charge in [0.25, 0.3) is 0 Å². The molecule has 35 nitrogen and oxygen atoms in total. The van der Waals surface area contributed by atoms with Crippen molar-refractivity contribution >= 4 is 11.8 Å². The molecule has 0 spiro atoms. The number of hydrogen-bond donors (Lipinski definition) is 21. The first-order valence-corrected chi connectivity index (χ1v) is 30.8. The topological polar surface area (TPSA) is 570 Å². The van der Waals surface area contributed by atoms with Crippen molar-refractivity contribution in [3.05, 3.63) is 12.2 Å². The number of unbranched alkanes of at least 4 members (excludes halogenated alkanes) is 5. The number of ketones is 1. The van der Waals surface area contributed by atoms with Gasteiger partial charge >= 0.3 is 5.97 Å². The van der Waals surface area contributed by atoms with Gasteiger partial charge in [-0.15, -0.1) is 0 Å². The third-order valence-corrected chi connectivity index (χ3v) is 17.7. The van der Waals surface area contributed by atoms with Crippen LogP contribution in [0.25, 0.3) is 0 Å². The number of carbonyl (C=O) groups is 2. The molecule has 0 aromatic carbocycles. The van der Waals surface area contributed by atoms with Crippen molar-refractivity contribution in [1.82, 2.24) is 0 Å². The van der Waals surface area contributed by atoms with E-state index in [4.69, 9.17) is 61.9 Å². The summed E-state index contributed by atoms with van der Waals surface area (Å²) in [7, 11) is 0. The SMILES string of the molecule is CCCCC[C@H](O)/C=C/[C@H]1[C@H](O)CC(=O)[C@@H]1CCCCCCC(=O)O.OC[C@H]1O[C@@H]2O[C@H]3[C@H](O)[C@@H](O)[C@@H](O[C@H]4[C@H](O)[C@@H](O)[C@@H](O[C@H]5[C@H](O)[C@@H](O)[C@@H](O[C@H]6[C@H](O)[C@@H](O)[C@@H](O[C@H]7[C@H](O)[C@@H](O)[C@@H](OC1[C@H](O)[C@H]2O)O[C@@H]7CO)O[C@@H]6CO)O[C@@H]5CO)O[C@@H]4CO)O[C@@H]3CO. The van der Waals surface area contributed by atoms with Gasteiger partial charge in [0.2, 0.25) is 0 Å². The quantitative estimate of drug-likeness (QED) is 0.0422. The van der Waals surface area contributed by atoms with Crippen LogP contribution in [0, 0.1) is 11.8 Å². The molecule has 22 aliphatic heterocycles. The van der Waals surface area contributed by atoms with Gasteiger partial charge in [-0.3, -0.25) is 9.59 Å². The Morgan fingerprint density at radius 2 is 0.703 bits per heavy atom. The zero-order chi connectivity index (χ0) is 66.7. The first-order chi connectivity index (χ1) is 43.4. The molecule has 34 atom stereocenters. The highest BCUT2D eigenvalue weighted by atomic mass is 16.8. The normalized spacial score (nSPS) is 47.0. The molecule has 23 fully saturated rings. The van der Waals surface area contributed by atoms with Gasteiger partial charge in [-0.2, -0.15) is 0 Å². The maximum Gasteiger partial charge on any atom is 0.303 e. The Labute approximate surface area is 521 Å². The van der Waals surface area contributed by atoms with Crippen molar-refractivity contribution in [2.45, 2.75) is 274 Å². The fourth-order valence-corrected chi connectivity index (χ4v) is 12.5. The molecule has 22 saturated heterocycles. The fraction of sp³-hybridized carbons (Fsp3) is 0.929.